The van der Waals surface area contributed by atoms with Crippen LogP contribution >= 0.6 is 11.6 Å². The molecular weight excluding hydrogens is 176 g/mol. The Morgan fingerprint density at radius 2 is 2.50 bits per heavy atom. The first-order chi connectivity index (χ1) is 5.88. The Bertz CT molecular complexity index is 255. The predicted molar refractivity (Wildman–Crippen MR) is 46.1 cm³/mol. The maximum Gasteiger partial charge on any atom is 0.204 e. The standard InChI is InChI=1S/C8H11ClN2O/c9-8-10-4-5-11(8)7-3-1-2-6-12-7/h4-5,7H,1-3,6H2/t7-/m1/s1. The minimum atomic E-state index is 0.105. The van der Waals surface area contributed by atoms with Crippen LogP contribution in [0, 0.1) is 0 Å². The number of hydrogen-bond donors (Lipinski definition) is 0. The maximum atomic E-state index is 5.84. The molecule has 1 aliphatic heterocycles. The zero-order valence-electron chi connectivity index (χ0n) is 6.74. The monoisotopic (exact) mass is 186 g/mol. The van der Waals surface area contributed by atoms with Gasteiger partial charge in [-0.25, -0.2) is 4.98 Å². The Hall–Kier alpha value is -0.540. The van der Waals surface area contributed by atoms with Gasteiger partial charge in [-0.3, -0.25) is 4.57 Å². The van der Waals surface area contributed by atoms with E-state index in [9.17, 15) is 0 Å². The minimum Gasteiger partial charge on any atom is -0.358 e. The van der Waals surface area contributed by atoms with E-state index in [1.54, 1.807) is 6.20 Å². The maximum absolute atomic E-state index is 5.84. The van der Waals surface area contributed by atoms with Crippen LogP contribution in [0.4, 0.5) is 0 Å². The third-order valence-electron chi connectivity index (χ3n) is 2.09. The van der Waals surface area contributed by atoms with Crippen LogP contribution in [-0.4, -0.2) is 16.2 Å². The number of nitrogens with zero attached hydrogens (tertiary/aromatic N) is 2. The largest absolute Gasteiger partial charge is 0.358 e. The molecule has 0 radical (unpaired) electrons. The van der Waals surface area contributed by atoms with E-state index in [0.717, 1.165) is 19.4 Å². The van der Waals surface area contributed by atoms with E-state index in [1.165, 1.54) is 6.42 Å². The van der Waals surface area contributed by atoms with Crippen molar-refractivity contribution in [3.63, 3.8) is 0 Å². The summed E-state index contributed by atoms with van der Waals surface area (Å²) in [5.41, 5.74) is 0. The molecule has 0 aromatic carbocycles. The predicted octanol–water partition coefficient (Wildman–Crippen LogP) is 2.24. The summed E-state index contributed by atoms with van der Waals surface area (Å²) in [5, 5.41) is 0.516. The highest BCUT2D eigenvalue weighted by atomic mass is 35.5. The smallest absolute Gasteiger partial charge is 0.204 e. The Morgan fingerprint density at radius 1 is 1.58 bits per heavy atom. The number of aromatic nitrogens is 2. The fraction of sp³-hybridized carbons (Fsp3) is 0.625. The molecule has 2 heterocycles. The highest BCUT2D eigenvalue weighted by Gasteiger charge is 2.16. The van der Waals surface area contributed by atoms with Gasteiger partial charge in [0.25, 0.3) is 0 Å². The highest BCUT2D eigenvalue weighted by molar-refractivity contribution is 6.28. The summed E-state index contributed by atoms with van der Waals surface area (Å²) in [4.78, 5) is 3.94. The second-order valence-corrected chi connectivity index (χ2v) is 3.26. The van der Waals surface area contributed by atoms with Crippen LogP contribution in [0.15, 0.2) is 12.4 Å². The minimum absolute atomic E-state index is 0.105. The van der Waals surface area contributed by atoms with Crippen molar-refractivity contribution in [1.82, 2.24) is 9.55 Å². The number of halogens is 1. The summed E-state index contributed by atoms with van der Waals surface area (Å²) in [5.74, 6) is 0. The van der Waals surface area contributed by atoms with E-state index >= 15 is 0 Å². The molecule has 0 bridgehead atoms. The van der Waals surface area contributed by atoms with E-state index in [2.05, 4.69) is 4.98 Å². The van der Waals surface area contributed by atoms with Gasteiger partial charge in [-0.15, -0.1) is 0 Å². The Balaban J connectivity index is 2.13. The molecule has 0 spiro atoms. The van der Waals surface area contributed by atoms with E-state index in [4.69, 9.17) is 16.3 Å². The molecule has 0 N–H and O–H groups in total. The Morgan fingerprint density at radius 3 is 3.08 bits per heavy atom. The van der Waals surface area contributed by atoms with Crippen molar-refractivity contribution < 1.29 is 4.74 Å². The molecule has 2 rings (SSSR count). The fourth-order valence-corrected chi connectivity index (χ4v) is 1.67. The normalized spacial score (nSPS) is 24.2. The summed E-state index contributed by atoms with van der Waals surface area (Å²) in [6.07, 6.45) is 7.06. The van der Waals surface area contributed by atoms with Crippen molar-refractivity contribution in [3.05, 3.63) is 17.7 Å². The van der Waals surface area contributed by atoms with Crippen LogP contribution in [0.2, 0.25) is 5.28 Å². The average molecular weight is 187 g/mol. The second kappa shape index (κ2) is 3.46. The number of hydrogen-bond acceptors (Lipinski definition) is 2. The fourth-order valence-electron chi connectivity index (χ4n) is 1.45. The van der Waals surface area contributed by atoms with Gasteiger partial charge in [0, 0.05) is 19.0 Å². The summed E-state index contributed by atoms with van der Waals surface area (Å²) in [6, 6.07) is 0. The molecule has 1 aromatic heterocycles. The van der Waals surface area contributed by atoms with Crippen LogP contribution in [-0.2, 0) is 4.74 Å². The quantitative estimate of drug-likeness (QED) is 0.673. The first-order valence-corrected chi connectivity index (χ1v) is 4.55. The Kier molecular flexibility index (Phi) is 2.33. The molecule has 1 fully saturated rings. The lowest BCUT2D eigenvalue weighted by molar-refractivity contribution is -0.0318. The zero-order valence-corrected chi connectivity index (χ0v) is 7.50. The van der Waals surface area contributed by atoms with Gasteiger partial charge in [-0.05, 0) is 30.9 Å². The molecule has 3 nitrogen and oxygen atoms in total. The van der Waals surface area contributed by atoms with Crippen LogP contribution in [0.5, 0.6) is 0 Å². The van der Waals surface area contributed by atoms with Crippen LogP contribution in [0.1, 0.15) is 25.5 Å². The molecular formula is C8H11ClN2O. The number of rotatable bonds is 1. The van der Waals surface area contributed by atoms with Crippen molar-refractivity contribution in [2.75, 3.05) is 6.61 Å². The summed E-state index contributed by atoms with van der Waals surface area (Å²) >= 11 is 5.84. The first kappa shape index (κ1) is 8.08. The number of ether oxygens (including phenoxy) is 1. The summed E-state index contributed by atoms with van der Waals surface area (Å²) < 4.78 is 7.42. The van der Waals surface area contributed by atoms with Gasteiger partial charge in [0.05, 0.1) is 0 Å². The molecule has 0 aliphatic carbocycles. The van der Waals surface area contributed by atoms with Crippen molar-refractivity contribution in [3.8, 4) is 0 Å². The number of imidazole rings is 1. The van der Waals surface area contributed by atoms with Gasteiger partial charge in [0.15, 0.2) is 0 Å². The van der Waals surface area contributed by atoms with Crippen LogP contribution < -0.4 is 0 Å². The topological polar surface area (TPSA) is 27.1 Å². The molecule has 1 saturated heterocycles. The molecule has 1 atom stereocenters. The lowest BCUT2D eigenvalue weighted by Gasteiger charge is -2.23. The molecule has 1 aliphatic rings. The van der Waals surface area contributed by atoms with Crippen LogP contribution in [0.25, 0.3) is 0 Å². The van der Waals surface area contributed by atoms with Crippen molar-refractivity contribution in [2.24, 2.45) is 0 Å². The van der Waals surface area contributed by atoms with Gasteiger partial charge in [-0.2, -0.15) is 0 Å². The van der Waals surface area contributed by atoms with Crippen molar-refractivity contribution >= 4 is 11.6 Å². The summed E-state index contributed by atoms with van der Waals surface area (Å²) in [6.45, 7) is 0.833. The van der Waals surface area contributed by atoms with E-state index in [1.807, 2.05) is 10.8 Å². The highest BCUT2D eigenvalue weighted by Crippen LogP contribution is 2.24. The van der Waals surface area contributed by atoms with E-state index in [-0.39, 0.29) is 6.23 Å². The average Bonchev–Trinajstić information content (AvgIpc) is 2.53. The molecule has 0 unspecified atom stereocenters. The molecule has 1 aromatic rings. The van der Waals surface area contributed by atoms with Crippen molar-refractivity contribution in [2.45, 2.75) is 25.5 Å². The third kappa shape index (κ3) is 1.47. The first-order valence-electron chi connectivity index (χ1n) is 4.18. The van der Waals surface area contributed by atoms with E-state index < -0.39 is 0 Å². The third-order valence-corrected chi connectivity index (χ3v) is 2.38. The molecule has 12 heavy (non-hydrogen) atoms. The zero-order chi connectivity index (χ0) is 8.39. The molecule has 66 valence electrons. The molecule has 0 saturated carbocycles. The Labute approximate surface area is 76.3 Å². The van der Waals surface area contributed by atoms with Gasteiger partial charge in [0.1, 0.15) is 6.23 Å². The SMILES string of the molecule is Clc1nccn1[C@H]1CCCCO1. The van der Waals surface area contributed by atoms with E-state index in [0.29, 0.717) is 5.28 Å². The molecule has 4 heteroatoms. The van der Waals surface area contributed by atoms with Gasteiger partial charge in [0.2, 0.25) is 5.28 Å². The van der Waals surface area contributed by atoms with Gasteiger partial charge >= 0.3 is 0 Å². The lowest BCUT2D eigenvalue weighted by atomic mass is 10.2. The van der Waals surface area contributed by atoms with Gasteiger partial charge in [-0.1, -0.05) is 0 Å². The second-order valence-electron chi connectivity index (χ2n) is 2.92. The summed E-state index contributed by atoms with van der Waals surface area (Å²) in [7, 11) is 0. The van der Waals surface area contributed by atoms with Gasteiger partial charge < -0.3 is 4.74 Å². The lowest BCUT2D eigenvalue weighted by Crippen LogP contribution is -2.17. The molecule has 0 amide bonds. The van der Waals surface area contributed by atoms with Crippen LogP contribution in [0.3, 0.4) is 0 Å². The van der Waals surface area contributed by atoms with Crippen molar-refractivity contribution in [1.29, 1.82) is 0 Å².